The second-order valence-electron chi connectivity index (χ2n) is 11.3. The fourth-order valence-electron chi connectivity index (χ4n) is 5.72. The maximum absolute atomic E-state index is 14.3. The molecule has 228 valence electrons. The number of aromatic nitrogens is 2. The van der Waals surface area contributed by atoms with Gasteiger partial charge >= 0.3 is 5.97 Å². The van der Waals surface area contributed by atoms with Crippen molar-refractivity contribution in [2.75, 3.05) is 11.9 Å². The van der Waals surface area contributed by atoms with Crippen molar-refractivity contribution in [3.63, 3.8) is 0 Å². The quantitative estimate of drug-likeness (QED) is 0.232. The zero-order valence-corrected chi connectivity index (χ0v) is 26.4. The first kappa shape index (κ1) is 30.0. The number of rotatable bonds is 8. The number of anilines is 1. The number of esters is 1. The Morgan fingerprint density at radius 3 is 2.44 bits per heavy atom. The van der Waals surface area contributed by atoms with Crippen LogP contribution in [-0.4, -0.2) is 27.6 Å². The molecule has 0 bridgehead atoms. The number of carbonyl (C=O) groups excluding carboxylic acids is 2. The molecule has 1 amide bonds. The summed E-state index contributed by atoms with van der Waals surface area (Å²) in [7, 11) is 0. The SMILES string of the molecule is CCOC(=O)Cn1cc(/C=c2\sc3n(c2=O)[C@@H](c2ccc(C(C)C)cc2)C(C(=O)Nc2ccccc2)=C(C)N=3)c2ccccc21. The highest BCUT2D eigenvalue weighted by Gasteiger charge is 2.32. The Morgan fingerprint density at radius 2 is 1.73 bits per heavy atom. The third-order valence-corrected chi connectivity index (χ3v) is 8.91. The van der Waals surface area contributed by atoms with Gasteiger partial charge in [-0.2, -0.15) is 0 Å². The van der Waals surface area contributed by atoms with Crippen molar-refractivity contribution in [1.82, 2.24) is 9.13 Å². The van der Waals surface area contributed by atoms with Gasteiger partial charge < -0.3 is 14.6 Å². The third-order valence-electron chi connectivity index (χ3n) is 7.93. The van der Waals surface area contributed by atoms with Gasteiger partial charge in [-0.25, -0.2) is 4.99 Å². The second-order valence-corrected chi connectivity index (χ2v) is 12.3. The lowest BCUT2D eigenvalue weighted by Gasteiger charge is -2.25. The number of carbonyl (C=O) groups is 2. The van der Waals surface area contributed by atoms with Crippen LogP contribution < -0.4 is 20.2 Å². The first-order chi connectivity index (χ1) is 21.7. The molecule has 9 heteroatoms. The van der Waals surface area contributed by atoms with Gasteiger partial charge in [-0.15, -0.1) is 0 Å². The van der Waals surface area contributed by atoms with Gasteiger partial charge in [-0.1, -0.05) is 85.8 Å². The van der Waals surface area contributed by atoms with Crippen molar-refractivity contribution in [2.24, 2.45) is 4.99 Å². The van der Waals surface area contributed by atoms with E-state index < -0.39 is 6.04 Å². The minimum Gasteiger partial charge on any atom is -0.465 e. The molecule has 3 aromatic carbocycles. The number of benzene rings is 3. The standard InChI is InChI=1S/C36H34N4O4S/c1-5-44-31(41)21-39-20-26(28-13-9-10-14-29(28)39)19-30-35(43)40-33(25-17-15-24(16-18-25)22(2)3)32(23(4)37-36(40)45-30)34(42)38-27-11-7-6-8-12-27/h6-20,22,33H,5,21H2,1-4H3,(H,38,42)/b30-19-/t33-/m0/s1. The summed E-state index contributed by atoms with van der Waals surface area (Å²) in [5.41, 5.74) is 5.05. The van der Waals surface area contributed by atoms with Crippen LogP contribution in [0.15, 0.2) is 106 Å². The summed E-state index contributed by atoms with van der Waals surface area (Å²) in [6, 6.07) is 24.4. The van der Waals surface area contributed by atoms with E-state index in [9.17, 15) is 14.4 Å². The Bertz CT molecular complexity index is 2120. The second kappa shape index (κ2) is 12.5. The number of amides is 1. The van der Waals surface area contributed by atoms with E-state index in [2.05, 4.69) is 31.3 Å². The number of hydrogen-bond acceptors (Lipinski definition) is 6. The Morgan fingerprint density at radius 1 is 1.02 bits per heavy atom. The van der Waals surface area contributed by atoms with E-state index >= 15 is 0 Å². The molecule has 1 aliphatic heterocycles. The van der Waals surface area contributed by atoms with Crippen LogP contribution in [0.1, 0.15) is 56.3 Å². The van der Waals surface area contributed by atoms with Crippen molar-refractivity contribution in [1.29, 1.82) is 0 Å². The van der Waals surface area contributed by atoms with Crippen LogP contribution in [0.3, 0.4) is 0 Å². The van der Waals surface area contributed by atoms with Crippen LogP contribution in [0.2, 0.25) is 0 Å². The van der Waals surface area contributed by atoms with E-state index in [1.54, 1.807) is 11.5 Å². The molecule has 1 aliphatic rings. The van der Waals surface area contributed by atoms with Gasteiger partial charge in [0.2, 0.25) is 0 Å². The number of nitrogens with one attached hydrogen (secondary N) is 1. The zero-order chi connectivity index (χ0) is 31.7. The lowest BCUT2D eigenvalue weighted by Crippen LogP contribution is -2.40. The number of thiazole rings is 1. The molecule has 8 nitrogen and oxygen atoms in total. The molecule has 2 aromatic heterocycles. The normalized spacial score (nSPS) is 14.9. The fraction of sp³-hybridized carbons (Fsp3) is 0.222. The molecular weight excluding hydrogens is 584 g/mol. The Kier molecular flexibility index (Phi) is 8.36. The topological polar surface area (TPSA) is 94.7 Å². The summed E-state index contributed by atoms with van der Waals surface area (Å²) in [4.78, 5) is 45.7. The predicted octanol–water partition coefficient (Wildman–Crippen LogP) is 5.52. The molecule has 1 atom stereocenters. The number of hydrogen-bond donors (Lipinski definition) is 1. The maximum atomic E-state index is 14.3. The Labute approximate surface area is 264 Å². The number of ether oxygens (including phenoxy) is 1. The summed E-state index contributed by atoms with van der Waals surface area (Å²) in [6.45, 7) is 8.22. The fourth-order valence-corrected chi connectivity index (χ4v) is 6.76. The Balaban J connectivity index is 1.49. The first-order valence-corrected chi connectivity index (χ1v) is 15.8. The van der Waals surface area contributed by atoms with Crippen LogP contribution >= 0.6 is 11.3 Å². The number of allylic oxidation sites excluding steroid dienone is 1. The van der Waals surface area contributed by atoms with Gasteiger partial charge in [0.25, 0.3) is 11.5 Å². The number of nitrogens with zero attached hydrogens (tertiary/aromatic N) is 3. The largest absolute Gasteiger partial charge is 0.465 e. The molecule has 0 unspecified atom stereocenters. The monoisotopic (exact) mass is 618 g/mol. The molecular formula is C36H34N4O4S. The van der Waals surface area contributed by atoms with E-state index in [4.69, 9.17) is 9.73 Å². The zero-order valence-electron chi connectivity index (χ0n) is 25.6. The van der Waals surface area contributed by atoms with Crippen molar-refractivity contribution in [2.45, 2.75) is 46.2 Å². The summed E-state index contributed by atoms with van der Waals surface area (Å²) >= 11 is 1.29. The minimum absolute atomic E-state index is 0.0644. The van der Waals surface area contributed by atoms with Gasteiger partial charge in [-0.05, 0) is 55.2 Å². The lowest BCUT2D eigenvalue weighted by atomic mass is 9.93. The summed E-state index contributed by atoms with van der Waals surface area (Å²) in [6.07, 6.45) is 3.71. The highest BCUT2D eigenvalue weighted by molar-refractivity contribution is 7.07. The van der Waals surface area contributed by atoms with Crippen molar-refractivity contribution in [3.8, 4) is 0 Å². The molecule has 1 N–H and O–H groups in total. The Hall–Kier alpha value is -5.02. The molecule has 0 fully saturated rings. The van der Waals surface area contributed by atoms with E-state index in [1.807, 2.05) is 90.5 Å². The molecule has 5 aromatic rings. The van der Waals surface area contributed by atoms with Crippen LogP contribution in [-0.2, 0) is 20.9 Å². The van der Waals surface area contributed by atoms with Crippen LogP contribution in [0.4, 0.5) is 5.69 Å². The van der Waals surface area contributed by atoms with Gasteiger partial charge in [-0.3, -0.25) is 19.0 Å². The van der Waals surface area contributed by atoms with Crippen molar-refractivity contribution in [3.05, 3.63) is 133 Å². The van der Waals surface area contributed by atoms with E-state index in [1.165, 1.54) is 16.9 Å². The van der Waals surface area contributed by atoms with E-state index in [-0.39, 0.29) is 24.0 Å². The molecule has 45 heavy (non-hydrogen) atoms. The highest BCUT2D eigenvalue weighted by atomic mass is 32.1. The van der Waals surface area contributed by atoms with Crippen LogP contribution in [0.5, 0.6) is 0 Å². The average molecular weight is 619 g/mol. The lowest BCUT2D eigenvalue weighted by molar-refractivity contribution is -0.143. The third kappa shape index (κ3) is 5.91. The molecule has 0 spiro atoms. The molecule has 0 saturated heterocycles. The molecule has 0 aliphatic carbocycles. The van der Waals surface area contributed by atoms with Gasteiger partial charge in [0.15, 0.2) is 4.80 Å². The van der Waals surface area contributed by atoms with Crippen LogP contribution in [0.25, 0.3) is 17.0 Å². The van der Waals surface area contributed by atoms with Gasteiger partial charge in [0.1, 0.15) is 6.54 Å². The predicted molar refractivity (Wildman–Crippen MR) is 178 cm³/mol. The molecule has 6 rings (SSSR count). The summed E-state index contributed by atoms with van der Waals surface area (Å²) in [5.74, 6) is -0.300. The minimum atomic E-state index is -0.668. The summed E-state index contributed by atoms with van der Waals surface area (Å²) < 4.78 is 9.13. The first-order valence-electron chi connectivity index (χ1n) is 15.0. The highest BCUT2D eigenvalue weighted by Crippen LogP contribution is 2.32. The van der Waals surface area contributed by atoms with E-state index in [0.717, 1.165) is 22.0 Å². The van der Waals surface area contributed by atoms with Gasteiger partial charge in [0.05, 0.1) is 28.5 Å². The molecule has 3 heterocycles. The molecule has 0 radical (unpaired) electrons. The average Bonchev–Trinajstić information content (AvgIpc) is 3.53. The number of fused-ring (bicyclic) bond motifs is 2. The molecule has 0 saturated carbocycles. The van der Waals surface area contributed by atoms with Gasteiger partial charge in [0, 0.05) is 28.4 Å². The van der Waals surface area contributed by atoms with Crippen LogP contribution in [0, 0.1) is 0 Å². The smallest absolute Gasteiger partial charge is 0.325 e. The van der Waals surface area contributed by atoms with Crippen molar-refractivity contribution < 1.29 is 14.3 Å². The van der Waals surface area contributed by atoms with E-state index in [0.29, 0.717) is 38.8 Å². The summed E-state index contributed by atoms with van der Waals surface area (Å²) in [5, 5.41) is 3.91. The maximum Gasteiger partial charge on any atom is 0.325 e. The number of para-hydroxylation sites is 2. The van der Waals surface area contributed by atoms with Crippen molar-refractivity contribution >= 4 is 45.9 Å².